The van der Waals surface area contributed by atoms with E-state index in [1.807, 2.05) is 6.20 Å². The van der Waals surface area contributed by atoms with Crippen LogP contribution >= 0.6 is 0 Å². The average molecular weight is 378 g/mol. The zero-order chi connectivity index (χ0) is 18.9. The van der Waals surface area contributed by atoms with Crippen LogP contribution in [0.15, 0.2) is 6.20 Å². The molecule has 1 aromatic rings. The quantitative estimate of drug-likeness (QED) is 0.649. The fraction of sp³-hybridized carbons (Fsp3) is 0.842. The van der Waals surface area contributed by atoms with Gasteiger partial charge in [-0.2, -0.15) is 0 Å². The maximum absolute atomic E-state index is 12.0. The van der Waals surface area contributed by atoms with Gasteiger partial charge in [-0.25, -0.2) is 0 Å². The number of nitrogens with zero attached hydrogens (tertiary/aromatic N) is 3. The highest BCUT2D eigenvalue weighted by molar-refractivity contribution is 5.81. The van der Waals surface area contributed by atoms with E-state index in [-0.39, 0.29) is 36.7 Å². The zero-order valence-electron chi connectivity index (χ0n) is 15.7. The molecule has 4 rings (SSSR count). The summed E-state index contributed by atoms with van der Waals surface area (Å²) in [5.74, 6) is 0.263. The standard InChI is InChI=1S/C19H30N4O4/c24-12-16-15(20-18(25)13-3-4-13)6-5-14(27-16)7-10-23-11-17(21-22-23)19(26)8-1-2-9-19/h11,13-16,24,26H,1-10,12H2,(H,20,25)/t14-,15+,16+/m1/s1. The molecule has 2 aliphatic carbocycles. The number of aliphatic hydroxyl groups excluding tert-OH is 1. The highest BCUT2D eigenvalue weighted by atomic mass is 16.5. The first kappa shape index (κ1) is 18.8. The summed E-state index contributed by atoms with van der Waals surface area (Å²) in [6, 6.07) is -0.103. The van der Waals surface area contributed by atoms with Gasteiger partial charge in [0.05, 0.1) is 24.9 Å². The van der Waals surface area contributed by atoms with Crippen molar-refractivity contribution < 1.29 is 19.7 Å². The monoisotopic (exact) mass is 378 g/mol. The smallest absolute Gasteiger partial charge is 0.223 e. The molecule has 1 saturated heterocycles. The van der Waals surface area contributed by atoms with Crippen LogP contribution in [0, 0.1) is 5.92 Å². The first-order valence-corrected chi connectivity index (χ1v) is 10.3. The summed E-state index contributed by atoms with van der Waals surface area (Å²) in [7, 11) is 0. The number of aryl methyl sites for hydroxylation is 1. The van der Waals surface area contributed by atoms with Crippen molar-refractivity contribution in [1.29, 1.82) is 0 Å². The summed E-state index contributed by atoms with van der Waals surface area (Å²) in [5.41, 5.74) is -0.144. The molecule has 1 aromatic heterocycles. The molecule has 1 aliphatic heterocycles. The molecule has 8 nitrogen and oxygen atoms in total. The van der Waals surface area contributed by atoms with Crippen molar-refractivity contribution in [3.63, 3.8) is 0 Å². The Labute approximate surface area is 159 Å². The van der Waals surface area contributed by atoms with E-state index in [9.17, 15) is 15.0 Å². The van der Waals surface area contributed by atoms with Crippen LogP contribution in [0.25, 0.3) is 0 Å². The second-order valence-electron chi connectivity index (χ2n) is 8.34. The number of amides is 1. The molecule has 8 heteroatoms. The van der Waals surface area contributed by atoms with Gasteiger partial charge in [0.2, 0.25) is 5.91 Å². The Morgan fingerprint density at radius 2 is 2.07 bits per heavy atom. The predicted molar refractivity (Wildman–Crippen MR) is 96.6 cm³/mol. The van der Waals surface area contributed by atoms with Gasteiger partial charge in [0.15, 0.2) is 0 Å². The fourth-order valence-corrected chi connectivity index (χ4v) is 4.27. The largest absolute Gasteiger partial charge is 0.394 e. The molecule has 2 saturated carbocycles. The van der Waals surface area contributed by atoms with Crippen molar-refractivity contribution in [1.82, 2.24) is 20.3 Å². The van der Waals surface area contributed by atoms with Gasteiger partial charge in [0.25, 0.3) is 0 Å². The normalized spacial score (nSPS) is 30.4. The first-order valence-electron chi connectivity index (χ1n) is 10.3. The van der Waals surface area contributed by atoms with Crippen LogP contribution in [0.5, 0.6) is 0 Å². The molecule has 1 amide bonds. The van der Waals surface area contributed by atoms with Gasteiger partial charge in [0.1, 0.15) is 17.4 Å². The van der Waals surface area contributed by atoms with E-state index < -0.39 is 5.60 Å². The maximum Gasteiger partial charge on any atom is 0.223 e. The third-order valence-electron chi connectivity index (χ3n) is 6.20. The Bertz CT molecular complexity index is 654. The van der Waals surface area contributed by atoms with Crippen LogP contribution in [0.3, 0.4) is 0 Å². The van der Waals surface area contributed by atoms with Crippen LogP contribution in [-0.2, 0) is 21.7 Å². The number of ether oxygens (including phenoxy) is 1. The van der Waals surface area contributed by atoms with E-state index in [1.54, 1.807) is 4.68 Å². The van der Waals surface area contributed by atoms with E-state index >= 15 is 0 Å². The second kappa shape index (κ2) is 7.85. The summed E-state index contributed by atoms with van der Waals surface area (Å²) in [6.07, 6.45) is 9.46. The number of carbonyl (C=O) groups is 1. The Morgan fingerprint density at radius 1 is 1.30 bits per heavy atom. The van der Waals surface area contributed by atoms with Gasteiger partial charge in [0, 0.05) is 12.5 Å². The number of carbonyl (C=O) groups excluding carboxylic acids is 1. The lowest BCUT2D eigenvalue weighted by atomic mass is 9.97. The van der Waals surface area contributed by atoms with Crippen molar-refractivity contribution in [2.75, 3.05) is 6.61 Å². The molecular formula is C19H30N4O4. The van der Waals surface area contributed by atoms with Crippen molar-refractivity contribution in [2.24, 2.45) is 5.92 Å². The molecule has 150 valence electrons. The lowest BCUT2D eigenvalue weighted by Crippen LogP contribution is -2.51. The minimum absolute atomic E-state index is 0.0263. The molecule has 2 heterocycles. The van der Waals surface area contributed by atoms with Gasteiger partial charge < -0.3 is 20.3 Å². The number of aromatic nitrogens is 3. The Morgan fingerprint density at radius 3 is 2.78 bits per heavy atom. The van der Waals surface area contributed by atoms with E-state index in [1.165, 1.54) is 0 Å². The SMILES string of the molecule is O=C(N[C@H]1CC[C@H](CCn2cc(C3(O)CCCC3)nn2)O[C@H]1CO)C1CC1. The second-order valence-corrected chi connectivity index (χ2v) is 8.34. The van der Waals surface area contributed by atoms with E-state index in [0.717, 1.165) is 57.8 Å². The topological polar surface area (TPSA) is 110 Å². The molecule has 3 fully saturated rings. The highest BCUT2D eigenvalue weighted by Gasteiger charge is 2.37. The summed E-state index contributed by atoms with van der Waals surface area (Å²) < 4.78 is 7.79. The number of rotatable bonds is 7. The van der Waals surface area contributed by atoms with Gasteiger partial charge in [-0.05, 0) is 44.9 Å². The lowest BCUT2D eigenvalue weighted by Gasteiger charge is -2.36. The average Bonchev–Trinajstić information content (AvgIpc) is 3.25. The molecule has 3 atom stereocenters. The molecule has 27 heavy (non-hydrogen) atoms. The number of nitrogens with one attached hydrogen (secondary N) is 1. The Kier molecular flexibility index (Phi) is 5.48. The van der Waals surface area contributed by atoms with Gasteiger partial charge in [-0.1, -0.05) is 18.1 Å². The zero-order valence-corrected chi connectivity index (χ0v) is 15.7. The summed E-state index contributed by atoms with van der Waals surface area (Å²) in [6.45, 7) is 0.567. The van der Waals surface area contributed by atoms with E-state index in [2.05, 4.69) is 15.6 Å². The van der Waals surface area contributed by atoms with Crippen LogP contribution in [0.2, 0.25) is 0 Å². The highest BCUT2D eigenvalue weighted by Crippen LogP contribution is 2.37. The lowest BCUT2D eigenvalue weighted by molar-refractivity contribution is -0.129. The molecule has 3 aliphatic rings. The third kappa shape index (κ3) is 4.33. The fourth-order valence-electron chi connectivity index (χ4n) is 4.27. The van der Waals surface area contributed by atoms with Crippen molar-refractivity contribution in [3.05, 3.63) is 11.9 Å². The van der Waals surface area contributed by atoms with Gasteiger partial charge in [-0.3, -0.25) is 9.48 Å². The van der Waals surface area contributed by atoms with Crippen LogP contribution < -0.4 is 5.32 Å². The molecule has 0 unspecified atom stereocenters. The van der Waals surface area contributed by atoms with Gasteiger partial charge in [-0.15, -0.1) is 5.10 Å². The molecular weight excluding hydrogens is 348 g/mol. The molecule has 0 bridgehead atoms. The third-order valence-corrected chi connectivity index (χ3v) is 6.20. The predicted octanol–water partition coefficient (Wildman–Crippen LogP) is 0.864. The van der Waals surface area contributed by atoms with E-state index in [0.29, 0.717) is 12.2 Å². The van der Waals surface area contributed by atoms with Crippen LogP contribution in [-0.4, -0.2) is 56.0 Å². The number of hydrogen-bond donors (Lipinski definition) is 3. The molecule has 0 aromatic carbocycles. The van der Waals surface area contributed by atoms with Crippen molar-refractivity contribution in [2.45, 2.75) is 88.2 Å². The van der Waals surface area contributed by atoms with Crippen LogP contribution in [0.4, 0.5) is 0 Å². The summed E-state index contributed by atoms with van der Waals surface area (Å²) >= 11 is 0. The molecule has 3 N–H and O–H groups in total. The molecule has 0 spiro atoms. The molecule has 0 radical (unpaired) electrons. The number of hydrogen-bond acceptors (Lipinski definition) is 6. The summed E-state index contributed by atoms with van der Waals surface area (Å²) in [4.78, 5) is 12.0. The number of aliphatic hydroxyl groups is 2. The Balaban J connectivity index is 1.27. The van der Waals surface area contributed by atoms with Gasteiger partial charge >= 0.3 is 0 Å². The van der Waals surface area contributed by atoms with Crippen molar-refractivity contribution >= 4 is 5.91 Å². The Hall–Kier alpha value is -1.51. The minimum Gasteiger partial charge on any atom is -0.394 e. The van der Waals surface area contributed by atoms with Crippen LogP contribution in [0.1, 0.15) is 63.5 Å². The summed E-state index contributed by atoms with van der Waals surface area (Å²) in [5, 5.41) is 31.6. The van der Waals surface area contributed by atoms with E-state index in [4.69, 9.17) is 4.74 Å². The van der Waals surface area contributed by atoms with Crippen molar-refractivity contribution in [3.8, 4) is 0 Å². The minimum atomic E-state index is -0.811. The maximum atomic E-state index is 12.0. The first-order chi connectivity index (χ1) is 13.1.